The summed E-state index contributed by atoms with van der Waals surface area (Å²) < 4.78 is 38.2. The second-order valence-electron chi connectivity index (χ2n) is 4.71. The molecule has 1 aromatic rings. The molecular formula is C12H16F3N3O. The number of aromatic amines is 1. The molecule has 1 aromatic heterocycles. The average molecular weight is 275 g/mol. The molecule has 4 nitrogen and oxygen atoms in total. The number of H-pyrrole nitrogens is 1. The topological polar surface area (TPSA) is 49.0 Å². The summed E-state index contributed by atoms with van der Waals surface area (Å²) in [6, 6.07) is 0.0252. The van der Waals surface area contributed by atoms with Gasteiger partial charge in [-0.1, -0.05) is 6.92 Å². The normalized spacial score (nSPS) is 20.6. The summed E-state index contributed by atoms with van der Waals surface area (Å²) in [6.45, 7) is 2.45. The average Bonchev–Trinajstić information content (AvgIpc) is 2.87. The Morgan fingerprint density at radius 3 is 2.89 bits per heavy atom. The SMILES string of the molecule is CCC1CCCCN1C(=O)c1cn[nH]c1C(F)(F)F. The first kappa shape index (κ1) is 13.9. The minimum Gasteiger partial charge on any atom is -0.336 e. The van der Waals surface area contributed by atoms with Crippen LogP contribution in [-0.4, -0.2) is 33.6 Å². The maximum atomic E-state index is 12.7. The first-order valence-corrected chi connectivity index (χ1v) is 6.36. The van der Waals surface area contributed by atoms with Crippen molar-refractivity contribution in [3.8, 4) is 0 Å². The van der Waals surface area contributed by atoms with Crippen LogP contribution in [0.2, 0.25) is 0 Å². The molecule has 0 bridgehead atoms. The van der Waals surface area contributed by atoms with E-state index in [1.54, 1.807) is 4.90 Å². The van der Waals surface area contributed by atoms with Gasteiger partial charge in [-0.25, -0.2) is 0 Å². The van der Waals surface area contributed by atoms with Crippen LogP contribution in [0.3, 0.4) is 0 Å². The Hall–Kier alpha value is -1.53. The fourth-order valence-corrected chi connectivity index (χ4v) is 2.51. The number of alkyl halides is 3. The fourth-order valence-electron chi connectivity index (χ4n) is 2.51. The van der Waals surface area contributed by atoms with Gasteiger partial charge in [0.2, 0.25) is 0 Å². The van der Waals surface area contributed by atoms with Gasteiger partial charge < -0.3 is 4.90 Å². The molecule has 1 aliphatic rings. The first-order chi connectivity index (χ1) is 8.95. The van der Waals surface area contributed by atoms with E-state index >= 15 is 0 Å². The van der Waals surface area contributed by atoms with Crippen molar-refractivity contribution < 1.29 is 18.0 Å². The molecule has 2 heterocycles. The van der Waals surface area contributed by atoms with Gasteiger partial charge >= 0.3 is 6.18 Å². The molecule has 0 spiro atoms. The number of likely N-dealkylation sites (tertiary alicyclic amines) is 1. The van der Waals surface area contributed by atoms with Gasteiger partial charge in [0.15, 0.2) is 5.69 Å². The lowest BCUT2D eigenvalue weighted by Gasteiger charge is -2.35. The fraction of sp³-hybridized carbons (Fsp3) is 0.667. The van der Waals surface area contributed by atoms with Gasteiger partial charge in [-0.3, -0.25) is 9.89 Å². The van der Waals surface area contributed by atoms with Crippen LogP contribution in [0.15, 0.2) is 6.20 Å². The number of aromatic nitrogens is 2. The molecule has 1 fully saturated rings. The summed E-state index contributed by atoms with van der Waals surface area (Å²) in [7, 11) is 0. The van der Waals surface area contributed by atoms with Crippen LogP contribution in [0.1, 0.15) is 48.7 Å². The van der Waals surface area contributed by atoms with Gasteiger partial charge in [-0.05, 0) is 25.7 Å². The van der Waals surface area contributed by atoms with Crippen LogP contribution in [-0.2, 0) is 6.18 Å². The molecule has 106 valence electrons. The quantitative estimate of drug-likeness (QED) is 0.902. The number of piperidine rings is 1. The molecule has 1 unspecified atom stereocenters. The monoisotopic (exact) mass is 275 g/mol. The van der Waals surface area contributed by atoms with E-state index in [0.29, 0.717) is 6.54 Å². The third-order valence-corrected chi connectivity index (χ3v) is 3.51. The molecule has 0 radical (unpaired) electrons. The molecule has 19 heavy (non-hydrogen) atoms. The Morgan fingerprint density at radius 1 is 1.53 bits per heavy atom. The number of nitrogens with zero attached hydrogens (tertiary/aromatic N) is 2. The minimum absolute atomic E-state index is 0.0252. The van der Waals surface area contributed by atoms with Gasteiger partial charge in [-0.15, -0.1) is 0 Å². The van der Waals surface area contributed by atoms with E-state index in [9.17, 15) is 18.0 Å². The number of rotatable bonds is 2. The van der Waals surface area contributed by atoms with Gasteiger partial charge in [0.25, 0.3) is 5.91 Å². The third-order valence-electron chi connectivity index (χ3n) is 3.51. The third kappa shape index (κ3) is 2.74. The van der Waals surface area contributed by atoms with Crippen LogP contribution < -0.4 is 0 Å². The van der Waals surface area contributed by atoms with Crippen LogP contribution in [0.25, 0.3) is 0 Å². The summed E-state index contributed by atoms with van der Waals surface area (Å²) in [5.74, 6) is -0.576. The first-order valence-electron chi connectivity index (χ1n) is 6.36. The summed E-state index contributed by atoms with van der Waals surface area (Å²) in [5, 5.41) is 5.24. The lowest BCUT2D eigenvalue weighted by Crippen LogP contribution is -2.43. The van der Waals surface area contributed by atoms with Crippen LogP contribution in [0.5, 0.6) is 0 Å². The molecule has 7 heteroatoms. The maximum absolute atomic E-state index is 12.7. The molecular weight excluding hydrogens is 259 g/mol. The summed E-state index contributed by atoms with van der Waals surface area (Å²) in [6.07, 6.45) is -0.168. The van der Waals surface area contributed by atoms with E-state index in [4.69, 9.17) is 0 Å². The van der Waals surface area contributed by atoms with Crippen molar-refractivity contribution in [2.24, 2.45) is 0 Å². The van der Waals surface area contributed by atoms with Crippen molar-refractivity contribution in [3.05, 3.63) is 17.5 Å². The molecule has 1 atom stereocenters. The number of carbonyl (C=O) groups is 1. The molecule has 2 rings (SSSR count). The van der Waals surface area contributed by atoms with Crippen LogP contribution >= 0.6 is 0 Å². The molecule has 1 saturated heterocycles. The Labute approximate surface area is 109 Å². The Morgan fingerprint density at radius 2 is 2.26 bits per heavy atom. The highest BCUT2D eigenvalue weighted by atomic mass is 19.4. The number of nitrogens with one attached hydrogen (secondary N) is 1. The van der Waals surface area contributed by atoms with Gasteiger partial charge in [0, 0.05) is 12.6 Å². The zero-order valence-electron chi connectivity index (χ0n) is 10.6. The molecule has 1 amide bonds. The van der Waals surface area contributed by atoms with E-state index in [0.717, 1.165) is 31.9 Å². The maximum Gasteiger partial charge on any atom is 0.433 e. The second-order valence-corrected chi connectivity index (χ2v) is 4.71. The summed E-state index contributed by atoms with van der Waals surface area (Å²) in [4.78, 5) is 13.8. The van der Waals surface area contributed by atoms with Crippen molar-refractivity contribution >= 4 is 5.91 Å². The standard InChI is InChI=1S/C12H16F3N3O/c1-2-8-5-3-4-6-18(8)11(19)9-7-16-17-10(9)12(13,14)15/h7-8H,2-6H2,1H3,(H,16,17). The zero-order chi connectivity index (χ0) is 14.0. The molecule has 0 aromatic carbocycles. The van der Waals surface area contributed by atoms with E-state index in [1.807, 2.05) is 12.0 Å². The van der Waals surface area contributed by atoms with Crippen molar-refractivity contribution in [2.75, 3.05) is 6.54 Å². The van der Waals surface area contributed by atoms with E-state index in [1.165, 1.54) is 0 Å². The largest absolute Gasteiger partial charge is 0.433 e. The smallest absolute Gasteiger partial charge is 0.336 e. The van der Waals surface area contributed by atoms with Crippen molar-refractivity contribution in [1.82, 2.24) is 15.1 Å². The molecule has 0 aliphatic carbocycles. The number of amides is 1. The molecule has 1 aliphatic heterocycles. The van der Waals surface area contributed by atoms with Crippen molar-refractivity contribution in [2.45, 2.75) is 44.8 Å². The summed E-state index contributed by atoms with van der Waals surface area (Å²) in [5.41, 5.74) is -1.44. The van der Waals surface area contributed by atoms with Crippen LogP contribution in [0.4, 0.5) is 13.2 Å². The highest BCUT2D eigenvalue weighted by Crippen LogP contribution is 2.31. The van der Waals surface area contributed by atoms with E-state index < -0.39 is 17.8 Å². The number of hydrogen-bond donors (Lipinski definition) is 1. The minimum atomic E-state index is -4.58. The molecule has 1 N–H and O–H groups in total. The lowest BCUT2D eigenvalue weighted by atomic mass is 9.99. The van der Waals surface area contributed by atoms with Crippen molar-refractivity contribution in [3.63, 3.8) is 0 Å². The van der Waals surface area contributed by atoms with Gasteiger partial charge in [0.1, 0.15) is 0 Å². The van der Waals surface area contributed by atoms with E-state index in [2.05, 4.69) is 5.10 Å². The summed E-state index contributed by atoms with van der Waals surface area (Å²) >= 11 is 0. The highest BCUT2D eigenvalue weighted by Gasteiger charge is 2.39. The van der Waals surface area contributed by atoms with Gasteiger partial charge in [0.05, 0.1) is 11.8 Å². The Kier molecular flexibility index (Phi) is 3.82. The van der Waals surface area contributed by atoms with Gasteiger partial charge in [-0.2, -0.15) is 18.3 Å². The van der Waals surface area contributed by atoms with E-state index in [-0.39, 0.29) is 11.6 Å². The van der Waals surface area contributed by atoms with Crippen molar-refractivity contribution in [1.29, 1.82) is 0 Å². The number of hydrogen-bond acceptors (Lipinski definition) is 2. The zero-order valence-corrected chi connectivity index (χ0v) is 10.6. The predicted molar refractivity (Wildman–Crippen MR) is 62.6 cm³/mol. The highest BCUT2D eigenvalue weighted by molar-refractivity contribution is 5.95. The number of carbonyl (C=O) groups excluding carboxylic acids is 1. The van der Waals surface area contributed by atoms with Crippen LogP contribution in [0, 0.1) is 0 Å². The second kappa shape index (κ2) is 5.22. The number of halogens is 3. The Bertz CT molecular complexity index is 455. The predicted octanol–water partition coefficient (Wildman–Crippen LogP) is 2.83. The molecule has 0 saturated carbocycles. The lowest BCUT2D eigenvalue weighted by molar-refractivity contribution is -0.141. The Balaban J connectivity index is 2.26.